The number of rotatable bonds is 6. The monoisotopic (exact) mass is 642 g/mol. The number of benzene rings is 3. The quantitative estimate of drug-likeness (QED) is 0.169. The Morgan fingerprint density at radius 1 is 0.432 bits per heavy atom. The Bertz CT molecular complexity index is 1990. The molecule has 4 heteroatoms. The molecule has 7 aromatic rings. The van der Waals surface area contributed by atoms with E-state index in [0.29, 0.717) is 0 Å². The van der Waals surface area contributed by atoms with Crippen molar-refractivity contribution in [1.82, 2.24) is 0 Å². The van der Waals surface area contributed by atoms with E-state index in [2.05, 4.69) is 139 Å². The molecule has 0 nitrogen and oxygen atoms in total. The molecule has 7 rings (SSSR count). The number of aryl methyl sites for hydroxylation is 6. The molecule has 0 saturated carbocycles. The van der Waals surface area contributed by atoms with Crippen LogP contribution >= 0.6 is 45.3 Å². The van der Waals surface area contributed by atoms with Gasteiger partial charge in [-0.2, -0.15) is 0 Å². The number of thiophene rings is 4. The predicted molar refractivity (Wildman–Crippen MR) is 203 cm³/mol. The summed E-state index contributed by atoms with van der Waals surface area (Å²) in [6.45, 7) is 13.4. The van der Waals surface area contributed by atoms with Gasteiger partial charge in [-0.25, -0.2) is 0 Å². The highest BCUT2D eigenvalue weighted by Crippen LogP contribution is 2.48. The second-order valence-electron chi connectivity index (χ2n) is 11.8. The van der Waals surface area contributed by atoms with Crippen LogP contribution in [0.1, 0.15) is 54.3 Å². The first-order valence-corrected chi connectivity index (χ1v) is 18.2. The van der Waals surface area contributed by atoms with Gasteiger partial charge < -0.3 is 0 Å². The lowest BCUT2D eigenvalue weighted by Gasteiger charge is -2.03. The summed E-state index contributed by atoms with van der Waals surface area (Å²) in [7, 11) is 0. The van der Waals surface area contributed by atoms with Crippen molar-refractivity contribution >= 4 is 89.8 Å². The lowest BCUT2D eigenvalue weighted by atomic mass is 10.0. The van der Waals surface area contributed by atoms with E-state index >= 15 is 0 Å². The van der Waals surface area contributed by atoms with Gasteiger partial charge in [-0.05, 0) is 122 Å². The van der Waals surface area contributed by atoms with E-state index in [1.54, 1.807) is 0 Å². The lowest BCUT2D eigenvalue weighted by Crippen LogP contribution is -1.79. The number of hydrogen-bond donors (Lipinski definition) is 0. The van der Waals surface area contributed by atoms with Crippen LogP contribution in [-0.4, -0.2) is 0 Å². The number of fused-ring (bicyclic) bond motifs is 2. The molecule has 4 heterocycles. The zero-order chi connectivity index (χ0) is 30.5. The zero-order valence-corrected chi connectivity index (χ0v) is 29.1. The topological polar surface area (TPSA) is 0 Å². The Morgan fingerprint density at radius 3 is 1.20 bits per heavy atom. The van der Waals surface area contributed by atoms with Gasteiger partial charge in [0.1, 0.15) is 0 Å². The molecule has 44 heavy (non-hydrogen) atoms. The van der Waals surface area contributed by atoms with Crippen LogP contribution in [0.3, 0.4) is 0 Å². The molecule has 0 aliphatic rings. The van der Waals surface area contributed by atoms with E-state index in [1.165, 1.54) is 93.9 Å². The van der Waals surface area contributed by atoms with Gasteiger partial charge in [-0.15, -0.1) is 45.3 Å². The molecule has 0 atom stereocenters. The molecular weight excluding hydrogens is 609 g/mol. The maximum atomic E-state index is 2.44. The van der Waals surface area contributed by atoms with Crippen molar-refractivity contribution in [2.24, 2.45) is 0 Å². The molecule has 4 aromatic heterocycles. The lowest BCUT2D eigenvalue weighted by molar-refractivity contribution is 1.46. The van der Waals surface area contributed by atoms with Crippen LogP contribution in [-0.2, 0) is 0 Å². The summed E-state index contributed by atoms with van der Waals surface area (Å²) in [6.07, 6.45) is 8.95. The molecule has 0 bridgehead atoms. The Balaban J connectivity index is 1.21. The smallest absolute Gasteiger partial charge is 0.0478 e. The summed E-state index contributed by atoms with van der Waals surface area (Å²) in [6, 6.07) is 27.0. The Kier molecular flexibility index (Phi) is 7.80. The Hall–Kier alpha value is -3.54. The second-order valence-corrected chi connectivity index (χ2v) is 16.0. The fourth-order valence-electron chi connectivity index (χ4n) is 5.74. The largest absolute Gasteiger partial charge is 0.135 e. The highest BCUT2D eigenvalue weighted by molar-refractivity contribution is 7.28. The average molecular weight is 643 g/mol. The fourth-order valence-corrected chi connectivity index (χ4v) is 10.7. The first-order valence-electron chi connectivity index (χ1n) is 14.9. The van der Waals surface area contributed by atoms with Gasteiger partial charge in [0.15, 0.2) is 0 Å². The third-order valence-corrected chi connectivity index (χ3v) is 13.6. The highest BCUT2D eigenvalue weighted by atomic mass is 32.1. The molecule has 0 fully saturated rings. The summed E-state index contributed by atoms with van der Waals surface area (Å²) in [5, 5.41) is 2.80. The van der Waals surface area contributed by atoms with Crippen LogP contribution in [0.15, 0.2) is 72.8 Å². The van der Waals surface area contributed by atoms with E-state index in [-0.39, 0.29) is 0 Å². The Labute approximate surface area is 276 Å². The molecule has 0 N–H and O–H groups in total. The van der Waals surface area contributed by atoms with E-state index in [9.17, 15) is 0 Å². The van der Waals surface area contributed by atoms with Crippen molar-refractivity contribution in [1.29, 1.82) is 0 Å². The van der Waals surface area contributed by atoms with Gasteiger partial charge in [-0.3, -0.25) is 0 Å². The minimum absolute atomic E-state index is 1.24. The normalized spacial score (nSPS) is 12.1. The van der Waals surface area contributed by atoms with Gasteiger partial charge in [0.2, 0.25) is 0 Å². The van der Waals surface area contributed by atoms with Gasteiger partial charge in [0, 0.05) is 38.7 Å². The van der Waals surface area contributed by atoms with E-state index in [0.717, 1.165) is 0 Å². The molecule has 3 aromatic carbocycles. The first-order chi connectivity index (χ1) is 21.2. The molecule has 0 radical (unpaired) electrons. The maximum Gasteiger partial charge on any atom is 0.0478 e. The van der Waals surface area contributed by atoms with Crippen LogP contribution in [0.4, 0.5) is 0 Å². The molecule has 0 amide bonds. The third-order valence-electron chi connectivity index (χ3n) is 8.31. The van der Waals surface area contributed by atoms with Gasteiger partial charge in [0.25, 0.3) is 0 Å². The summed E-state index contributed by atoms with van der Waals surface area (Å²) in [5.41, 5.74) is 10.6. The molecule has 0 saturated heterocycles. The minimum Gasteiger partial charge on any atom is -0.135 e. The van der Waals surface area contributed by atoms with E-state index in [4.69, 9.17) is 0 Å². The van der Waals surface area contributed by atoms with Crippen molar-refractivity contribution in [2.75, 3.05) is 0 Å². The minimum atomic E-state index is 1.24. The third kappa shape index (κ3) is 5.57. The summed E-state index contributed by atoms with van der Waals surface area (Å²) >= 11 is 7.70. The number of hydrogen-bond acceptors (Lipinski definition) is 4. The maximum absolute atomic E-state index is 2.44. The van der Waals surface area contributed by atoms with Gasteiger partial charge >= 0.3 is 0 Å². The molecule has 0 aliphatic heterocycles. The molecule has 218 valence electrons. The van der Waals surface area contributed by atoms with E-state index in [1.807, 2.05) is 45.3 Å². The summed E-state index contributed by atoms with van der Waals surface area (Å²) in [4.78, 5) is 8.13. The molecule has 0 aliphatic carbocycles. The molecular formula is C40H34S4. The van der Waals surface area contributed by atoms with E-state index < -0.39 is 0 Å². The van der Waals surface area contributed by atoms with Gasteiger partial charge in [-0.1, -0.05) is 71.8 Å². The zero-order valence-electron chi connectivity index (χ0n) is 25.9. The van der Waals surface area contributed by atoms with Crippen molar-refractivity contribution < 1.29 is 0 Å². The van der Waals surface area contributed by atoms with Crippen LogP contribution < -0.4 is 0 Å². The Morgan fingerprint density at radius 2 is 0.818 bits per heavy atom. The van der Waals surface area contributed by atoms with Crippen LogP contribution in [0, 0.1) is 41.5 Å². The first kappa shape index (κ1) is 29.2. The average Bonchev–Trinajstić information content (AvgIpc) is 3.80. The summed E-state index contributed by atoms with van der Waals surface area (Å²) in [5.74, 6) is 0. The SMILES string of the molecule is Cc1ccc(C=Cc2cc(C)c(-c3cc4c(C)c5sc(-c6sc(C=Cc7ccc(C)cc7)cc6C)cc5c(C)c4s3)s2)cc1. The van der Waals surface area contributed by atoms with Crippen molar-refractivity contribution in [3.05, 3.63) is 127 Å². The fraction of sp³-hybridized carbons (Fsp3) is 0.150. The van der Waals surface area contributed by atoms with Crippen molar-refractivity contribution in [3.8, 4) is 19.5 Å². The highest BCUT2D eigenvalue weighted by Gasteiger charge is 2.19. The van der Waals surface area contributed by atoms with Gasteiger partial charge in [0.05, 0.1) is 0 Å². The molecule has 0 spiro atoms. The standard InChI is InChI=1S/C40H34S4/c1-23-7-11-29(12-8-23)15-17-31-19-25(3)37(41-31)35-21-33-27(5)40-34(28(6)39(33)43-35)22-36(44-40)38-26(4)20-32(42-38)18-16-30-13-9-24(2)10-14-30/h7-22H,1-6H3. The van der Waals surface area contributed by atoms with Crippen molar-refractivity contribution in [3.63, 3.8) is 0 Å². The van der Waals surface area contributed by atoms with Crippen molar-refractivity contribution in [2.45, 2.75) is 41.5 Å². The summed E-state index contributed by atoms with van der Waals surface area (Å²) < 4.78 is 2.84. The second kappa shape index (κ2) is 11.8. The predicted octanol–water partition coefficient (Wildman–Crippen LogP) is 13.8. The van der Waals surface area contributed by atoms with Crippen LogP contribution in [0.25, 0.3) is 64.0 Å². The van der Waals surface area contributed by atoms with Crippen LogP contribution in [0.2, 0.25) is 0 Å². The van der Waals surface area contributed by atoms with Crippen LogP contribution in [0.5, 0.6) is 0 Å². The molecule has 0 unspecified atom stereocenters.